The molecule has 24 rings (SSSR count). The molecule has 0 fully saturated rings. The van der Waals surface area contributed by atoms with Gasteiger partial charge in [-0.25, -0.2) is 69.5 Å². The van der Waals surface area contributed by atoms with E-state index in [0.29, 0.717) is 121 Å². The summed E-state index contributed by atoms with van der Waals surface area (Å²) < 4.78 is 0. The fourth-order valence-corrected chi connectivity index (χ4v) is 16.6. The molecular formula is C125H83N23. The number of nitrogens with zero attached hydrogens (tertiary/aromatic N) is 23. The first-order valence-electron chi connectivity index (χ1n) is 47.6. The van der Waals surface area contributed by atoms with Crippen molar-refractivity contribution in [1.82, 2.24) is 105 Å². The Bertz CT molecular complexity index is 8610. The third-order valence-electron chi connectivity index (χ3n) is 24.2. The van der Waals surface area contributed by atoms with Gasteiger partial charge >= 0.3 is 0 Å². The van der Waals surface area contributed by atoms with Crippen LogP contribution in [0.15, 0.2) is 474 Å². The number of benzene rings is 11. The summed E-state index contributed by atoms with van der Waals surface area (Å²) in [7, 11) is 0. The third kappa shape index (κ3) is 22.1. The van der Waals surface area contributed by atoms with Gasteiger partial charge in [0, 0.05) is 95.2 Å². The van der Waals surface area contributed by atoms with E-state index in [0.717, 1.165) is 84.1 Å². The van der Waals surface area contributed by atoms with Crippen molar-refractivity contribution >= 4 is 22.1 Å². The van der Waals surface area contributed by atoms with Crippen LogP contribution in [-0.2, 0) is 6.42 Å². The molecule has 0 atom stereocenters. The highest BCUT2D eigenvalue weighted by Crippen LogP contribution is 2.39. The Morgan fingerprint density at radius 1 is 0.182 bits per heavy atom. The molecule has 23 nitrogen and oxygen atoms in total. The average Bonchev–Trinajstić information content (AvgIpc) is 0.804. The minimum atomic E-state index is 0.361. The topological polar surface area (TPSA) is 279 Å². The Labute approximate surface area is 853 Å². The summed E-state index contributed by atoms with van der Waals surface area (Å²) in [4.78, 5) is 103. The molecule has 698 valence electrons. The monoisotopic (exact) mass is 1910 g/mol. The molecule has 0 radical (unpaired) electrons. The zero-order valence-electron chi connectivity index (χ0n) is 79.5. The van der Waals surface area contributed by atoms with Crippen LogP contribution in [-0.4, -0.2) is 105 Å². The second-order valence-corrected chi connectivity index (χ2v) is 33.7. The zero-order valence-corrected chi connectivity index (χ0v) is 79.5. The number of fused-ring (bicyclic) bond motifs is 1. The number of aryl methyl sites for hydroxylation is 1. The first-order chi connectivity index (χ1) is 73.2. The minimum absolute atomic E-state index is 0.361. The molecule has 23 heteroatoms. The molecule has 0 unspecified atom stereocenters. The van der Waals surface area contributed by atoms with Gasteiger partial charge in [-0.3, -0.25) is 44.9 Å². The van der Waals surface area contributed by atoms with Crippen LogP contribution in [0.3, 0.4) is 0 Å². The molecule has 0 N–H and O–H groups in total. The minimum Gasteiger partial charge on any atom is -0.264 e. The Morgan fingerprint density at radius 2 is 0.453 bits per heavy atom. The van der Waals surface area contributed by atoms with E-state index in [1.54, 1.807) is 61.4 Å². The van der Waals surface area contributed by atoms with E-state index in [4.69, 9.17) is 58.0 Å². The average molecular weight is 1910 g/mol. The van der Waals surface area contributed by atoms with Crippen molar-refractivity contribution in [2.24, 2.45) is 0 Å². The molecule has 0 saturated heterocycles. The van der Waals surface area contributed by atoms with Crippen LogP contribution in [0.2, 0.25) is 0 Å². The van der Waals surface area contributed by atoms with E-state index in [1.807, 2.05) is 188 Å². The fraction of sp³-hybridized carbons (Fsp3) is 0.0160. The number of hydrogen-bond acceptors (Lipinski definition) is 21. The predicted octanol–water partition coefficient (Wildman–Crippen LogP) is 28.5. The molecule has 0 saturated carbocycles. The Hall–Kier alpha value is -20.9. The predicted molar refractivity (Wildman–Crippen MR) is 582 cm³/mol. The maximum atomic E-state index is 7.18. The van der Waals surface area contributed by atoms with E-state index in [2.05, 4.69) is 289 Å². The largest absolute Gasteiger partial charge is 0.264 e. The van der Waals surface area contributed by atoms with Crippen LogP contribution in [0.5, 0.6) is 0 Å². The van der Waals surface area contributed by atoms with E-state index in [1.165, 1.54) is 56.9 Å². The first kappa shape index (κ1) is 93.4. The Balaban J connectivity index is 0.000000116. The van der Waals surface area contributed by atoms with Gasteiger partial charge in [-0.1, -0.05) is 328 Å². The SMILES string of the molecule is CCc1ccnc(-c2nc(-c3ccc(-c4ccc(-c5ccccc5)cc4)cc3)nc(-c3ccccn3)n2)c1.[C-]#[N+]c1ccc(-c2nc(-c3ccc(-c4cncc5ccccc45)cc3)nc(-c3ccc([N+]#[C-])cn3)n2)nc1.c1ccc(-c2cccc(-c3ccc(-c4nc(-c5ccccn5)nc(-c5ccccn5)n4)cc3)c2)cc1.c1ccc(-c2ccccc2-c2ccc(-c3nc(-c4ccccn4)nc(-c4ccccn4)n3)cc2)cc1. The summed E-state index contributed by atoms with van der Waals surface area (Å²) in [6.07, 6.45) is 18.1. The highest BCUT2D eigenvalue weighted by Gasteiger charge is 2.22. The summed E-state index contributed by atoms with van der Waals surface area (Å²) in [5.41, 5.74) is 26.8. The van der Waals surface area contributed by atoms with E-state index < -0.39 is 0 Å². The van der Waals surface area contributed by atoms with Gasteiger partial charge in [0.2, 0.25) is 11.4 Å². The first-order valence-corrected chi connectivity index (χ1v) is 47.6. The van der Waals surface area contributed by atoms with Crippen LogP contribution in [0.4, 0.5) is 11.4 Å². The van der Waals surface area contributed by atoms with Crippen molar-refractivity contribution in [2.75, 3.05) is 0 Å². The molecule has 13 heterocycles. The summed E-state index contributed by atoms with van der Waals surface area (Å²) >= 11 is 0. The molecule has 148 heavy (non-hydrogen) atoms. The van der Waals surface area contributed by atoms with E-state index >= 15 is 0 Å². The van der Waals surface area contributed by atoms with Gasteiger partial charge in [0.25, 0.3) is 0 Å². The zero-order chi connectivity index (χ0) is 100.0. The van der Waals surface area contributed by atoms with Crippen LogP contribution in [0.25, 0.3) is 236 Å². The van der Waals surface area contributed by atoms with Crippen molar-refractivity contribution < 1.29 is 0 Å². The van der Waals surface area contributed by atoms with Crippen LogP contribution in [0.1, 0.15) is 12.5 Å². The van der Waals surface area contributed by atoms with Crippen molar-refractivity contribution in [2.45, 2.75) is 13.3 Å². The van der Waals surface area contributed by atoms with E-state index in [9.17, 15) is 0 Å². The van der Waals surface area contributed by atoms with Gasteiger partial charge in [-0.15, -0.1) is 0 Å². The lowest BCUT2D eigenvalue weighted by Crippen LogP contribution is -2.02. The standard InChI is InChI=1S/C33H25N5.2C31H21N5.C30H16N8/c1-2-23-19-21-35-30(22-23)33-37-31(36-32(38-33)29-10-6-7-20-34-29)28-17-15-27(16-18-28)26-13-11-25(12-14-26)24-8-4-3-5-9-24;1-2-9-22(10-3-1)25-11-8-12-26(21-25)23-15-17-24(18-16-23)29-34-30(27-13-4-6-19-32-27)36-31(35-29)28-14-5-7-20-33-28;1-2-10-22(11-3-1)25-12-4-5-13-26(25)23-16-18-24(19-17-23)29-34-30(27-14-6-8-20-32-27)36-31(35-29)28-15-7-9-21-33-28;1-31-22-11-13-26(34-16-22)29-36-28(37-30(38-29)27-14-12-23(32-2)17-35-27)20-9-7-19(8-10-20)25-18-33-15-21-5-3-4-6-24(21)25/h3-22H,2H2,1H3;2*1-21H;3-18H. The van der Waals surface area contributed by atoms with Crippen LogP contribution >= 0.6 is 0 Å². The van der Waals surface area contributed by atoms with Crippen LogP contribution in [0, 0.1) is 13.1 Å². The summed E-state index contributed by atoms with van der Waals surface area (Å²) in [6, 6.07) is 137. The Kier molecular flexibility index (Phi) is 28.2. The molecule has 0 aliphatic rings. The normalized spacial score (nSPS) is 10.8. The maximum Gasteiger partial charge on any atom is 0.205 e. The van der Waals surface area contributed by atoms with Gasteiger partial charge in [-0.2, -0.15) is 0 Å². The molecule has 0 aliphatic carbocycles. The highest BCUT2D eigenvalue weighted by atomic mass is 15.1. The molecule has 0 spiro atoms. The smallest absolute Gasteiger partial charge is 0.205 e. The molecule has 0 amide bonds. The number of pyridine rings is 9. The Morgan fingerprint density at radius 3 is 0.797 bits per heavy atom. The summed E-state index contributed by atoms with van der Waals surface area (Å²) in [6.45, 7) is 16.5. The van der Waals surface area contributed by atoms with Gasteiger partial charge in [0.1, 0.15) is 45.6 Å². The van der Waals surface area contributed by atoms with Gasteiger partial charge in [0.05, 0.1) is 13.1 Å². The molecule has 24 aromatic rings. The van der Waals surface area contributed by atoms with Crippen molar-refractivity contribution in [3.63, 3.8) is 0 Å². The lowest BCUT2D eigenvalue weighted by atomic mass is 9.94. The number of rotatable bonds is 20. The summed E-state index contributed by atoms with van der Waals surface area (Å²) in [5.74, 6) is 6.04. The van der Waals surface area contributed by atoms with Crippen LogP contribution < -0.4 is 0 Å². The number of aromatic nitrogens is 21. The van der Waals surface area contributed by atoms with Crippen molar-refractivity contribution in [3.8, 4) is 216 Å². The molecular weight excluding hydrogens is 1820 g/mol. The lowest BCUT2D eigenvalue weighted by Gasteiger charge is -2.11. The maximum absolute atomic E-state index is 7.18. The highest BCUT2D eigenvalue weighted by molar-refractivity contribution is 5.96. The third-order valence-corrected chi connectivity index (χ3v) is 24.2. The second kappa shape index (κ2) is 44.7. The quantitative estimate of drug-likeness (QED) is 0.0641. The summed E-state index contributed by atoms with van der Waals surface area (Å²) in [5, 5.41) is 2.21. The van der Waals surface area contributed by atoms with Gasteiger partial charge < -0.3 is 0 Å². The lowest BCUT2D eigenvalue weighted by molar-refractivity contribution is 1.04. The van der Waals surface area contributed by atoms with Crippen molar-refractivity contribution in [1.29, 1.82) is 0 Å². The fourth-order valence-electron chi connectivity index (χ4n) is 16.6. The second-order valence-electron chi connectivity index (χ2n) is 33.7. The molecule has 0 aliphatic heterocycles. The van der Waals surface area contributed by atoms with Gasteiger partial charge in [0.15, 0.2) is 69.9 Å². The van der Waals surface area contributed by atoms with Crippen molar-refractivity contribution in [3.05, 3.63) is 503 Å². The molecule has 13 aromatic heterocycles. The molecule has 11 aromatic carbocycles. The van der Waals surface area contributed by atoms with Gasteiger partial charge in [-0.05, 0) is 181 Å². The van der Waals surface area contributed by atoms with E-state index in [-0.39, 0.29) is 0 Å². The molecule has 0 bridgehead atoms. The number of hydrogen-bond donors (Lipinski definition) is 0.